The van der Waals surface area contributed by atoms with Gasteiger partial charge < -0.3 is 5.32 Å². The second kappa shape index (κ2) is 7.36. The van der Waals surface area contributed by atoms with Crippen LogP contribution in [-0.4, -0.2) is 28.0 Å². The van der Waals surface area contributed by atoms with Crippen LogP contribution >= 0.6 is 11.8 Å². The van der Waals surface area contributed by atoms with Gasteiger partial charge in [0.25, 0.3) is 0 Å². The minimum absolute atomic E-state index is 0.720. The zero-order valence-corrected chi connectivity index (χ0v) is 8.76. The Morgan fingerprint density at radius 3 is 2.93 bits per heavy atom. The van der Waals surface area contributed by atoms with E-state index in [1.807, 2.05) is 6.07 Å². The Kier molecular flexibility index (Phi) is 5.80. The molecule has 3 nitrogen and oxygen atoms in total. The maximum absolute atomic E-state index is 5.12. The Morgan fingerprint density at radius 1 is 1.43 bits per heavy atom. The second-order valence-electron chi connectivity index (χ2n) is 2.60. The SMILES string of the molecule is C#CCSCCNCc1ncccn1. The number of hydrogen-bond donors (Lipinski definition) is 1. The highest BCUT2D eigenvalue weighted by Crippen LogP contribution is 1.95. The van der Waals surface area contributed by atoms with E-state index in [1.54, 1.807) is 24.2 Å². The lowest BCUT2D eigenvalue weighted by atomic mass is 10.5. The van der Waals surface area contributed by atoms with Gasteiger partial charge >= 0.3 is 0 Å². The standard InChI is InChI=1S/C10H13N3S/c1-2-7-14-8-6-11-9-10-12-4-3-5-13-10/h1,3-5,11H,6-9H2. The molecule has 0 aliphatic carbocycles. The summed E-state index contributed by atoms with van der Waals surface area (Å²) in [5.74, 6) is 5.22. The van der Waals surface area contributed by atoms with Crippen molar-refractivity contribution < 1.29 is 0 Å². The first-order valence-electron chi connectivity index (χ1n) is 4.41. The fourth-order valence-corrected chi connectivity index (χ4v) is 1.45. The summed E-state index contributed by atoms with van der Waals surface area (Å²) in [6.07, 6.45) is 8.62. The Hall–Kier alpha value is -1.05. The van der Waals surface area contributed by atoms with Gasteiger partial charge in [0, 0.05) is 24.7 Å². The molecule has 0 aliphatic rings. The summed E-state index contributed by atoms with van der Waals surface area (Å²) in [7, 11) is 0. The molecule has 0 amide bonds. The molecule has 0 aliphatic heterocycles. The van der Waals surface area contributed by atoms with Crippen molar-refractivity contribution in [1.29, 1.82) is 0 Å². The number of aromatic nitrogens is 2. The molecule has 0 aromatic carbocycles. The molecule has 14 heavy (non-hydrogen) atoms. The average Bonchev–Trinajstić information content (AvgIpc) is 2.25. The molecule has 0 bridgehead atoms. The van der Waals surface area contributed by atoms with E-state index in [4.69, 9.17) is 6.42 Å². The number of thioether (sulfide) groups is 1. The van der Waals surface area contributed by atoms with Crippen LogP contribution in [0.4, 0.5) is 0 Å². The van der Waals surface area contributed by atoms with Crippen LogP contribution in [-0.2, 0) is 6.54 Å². The van der Waals surface area contributed by atoms with E-state index in [0.29, 0.717) is 0 Å². The highest BCUT2D eigenvalue weighted by Gasteiger charge is 1.92. The molecule has 1 aromatic rings. The monoisotopic (exact) mass is 207 g/mol. The van der Waals surface area contributed by atoms with Gasteiger partial charge in [-0.15, -0.1) is 18.2 Å². The molecule has 0 fully saturated rings. The number of nitrogens with zero attached hydrogens (tertiary/aromatic N) is 2. The van der Waals surface area contributed by atoms with Gasteiger partial charge in [0.2, 0.25) is 0 Å². The zero-order valence-electron chi connectivity index (χ0n) is 7.94. The van der Waals surface area contributed by atoms with Crippen LogP contribution in [0.1, 0.15) is 5.82 Å². The van der Waals surface area contributed by atoms with Crippen molar-refractivity contribution >= 4 is 11.8 Å². The van der Waals surface area contributed by atoms with Gasteiger partial charge in [0.15, 0.2) is 0 Å². The van der Waals surface area contributed by atoms with Crippen LogP contribution in [0.5, 0.6) is 0 Å². The predicted octanol–water partition coefficient (Wildman–Crippen LogP) is 0.933. The van der Waals surface area contributed by atoms with Gasteiger partial charge in [-0.05, 0) is 6.07 Å². The van der Waals surface area contributed by atoms with Crippen molar-refractivity contribution in [3.8, 4) is 12.3 Å². The summed E-state index contributed by atoms with van der Waals surface area (Å²) in [5.41, 5.74) is 0. The Labute approximate surface area is 88.7 Å². The zero-order chi connectivity index (χ0) is 10.1. The molecule has 74 valence electrons. The van der Waals surface area contributed by atoms with Crippen molar-refractivity contribution in [2.75, 3.05) is 18.1 Å². The van der Waals surface area contributed by atoms with E-state index in [2.05, 4.69) is 21.2 Å². The van der Waals surface area contributed by atoms with Gasteiger partial charge in [-0.2, -0.15) is 0 Å². The minimum atomic E-state index is 0.720. The van der Waals surface area contributed by atoms with Crippen LogP contribution in [0.25, 0.3) is 0 Å². The molecule has 0 saturated carbocycles. The Morgan fingerprint density at radius 2 is 2.21 bits per heavy atom. The first kappa shape index (κ1) is 11.0. The van der Waals surface area contributed by atoms with Crippen LogP contribution in [0, 0.1) is 12.3 Å². The molecule has 1 N–H and O–H groups in total. The fourth-order valence-electron chi connectivity index (χ4n) is 0.897. The van der Waals surface area contributed by atoms with E-state index in [0.717, 1.165) is 30.4 Å². The van der Waals surface area contributed by atoms with Crippen molar-refractivity contribution in [3.63, 3.8) is 0 Å². The van der Waals surface area contributed by atoms with E-state index in [9.17, 15) is 0 Å². The topological polar surface area (TPSA) is 37.8 Å². The quantitative estimate of drug-likeness (QED) is 0.556. The van der Waals surface area contributed by atoms with Crippen LogP contribution in [0.3, 0.4) is 0 Å². The second-order valence-corrected chi connectivity index (χ2v) is 3.70. The molecule has 4 heteroatoms. The van der Waals surface area contributed by atoms with Crippen molar-refractivity contribution in [2.24, 2.45) is 0 Å². The fraction of sp³-hybridized carbons (Fsp3) is 0.400. The number of hydrogen-bond acceptors (Lipinski definition) is 4. The van der Waals surface area contributed by atoms with E-state index >= 15 is 0 Å². The largest absolute Gasteiger partial charge is 0.309 e. The van der Waals surface area contributed by atoms with Crippen LogP contribution < -0.4 is 5.32 Å². The third kappa shape index (κ3) is 4.85. The highest BCUT2D eigenvalue weighted by molar-refractivity contribution is 7.99. The lowest BCUT2D eigenvalue weighted by Crippen LogP contribution is -2.18. The smallest absolute Gasteiger partial charge is 0.141 e. The van der Waals surface area contributed by atoms with E-state index in [1.165, 1.54) is 0 Å². The summed E-state index contributed by atoms with van der Waals surface area (Å²) in [6.45, 7) is 1.65. The molecular weight excluding hydrogens is 194 g/mol. The maximum atomic E-state index is 5.12. The Balaban J connectivity index is 2.03. The van der Waals surface area contributed by atoms with Crippen molar-refractivity contribution in [1.82, 2.24) is 15.3 Å². The van der Waals surface area contributed by atoms with Crippen LogP contribution in [0.15, 0.2) is 18.5 Å². The highest BCUT2D eigenvalue weighted by atomic mass is 32.2. The first-order chi connectivity index (χ1) is 6.93. The first-order valence-corrected chi connectivity index (χ1v) is 5.57. The predicted molar refractivity (Wildman–Crippen MR) is 59.9 cm³/mol. The van der Waals surface area contributed by atoms with E-state index in [-0.39, 0.29) is 0 Å². The summed E-state index contributed by atoms with van der Waals surface area (Å²) < 4.78 is 0. The molecule has 0 unspecified atom stereocenters. The normalized spacial score (nSPS) is 9.64. The summed E-state index contributed by atoms with van der Waals surface area (Å²) in [4.78, 5) is 8.20. The van der Waals surface area contributed by atoms with Crippen LogP contribution in [0.2, 0.25) is 0 Å². The molecule has 1 rings (SSSR count). The van der Waals surface area contributed by atoms with E-state index < -0.39 is 0 Å². The summed E-state index contributed by atoms with van der Waals surface area (Å²) >= 11 is 1.75. The molecule has 0 atom stereocenters. The molecule has 0 spiro atoms. The average molecular weight is 207 g/mol. The maximum Gasteiger partial charge on any atom is 0.141 e. The van der Waals surface area contributed by atoms with Crippen molar-refractivity contribution in [2.45, 2.75) is 6.54 Å². The van der Waals surface area contributed by atoms with Gasteiger partial charge in [-0.1, -0.05) is 5.92 Å². The lowest BCUT2D eigenvalue weighted by molar-refractivity contribution is 0.694. The summed E-state index contributed by atoms with van der Waals surface area (Å²) in [5, 5.41) is 3.25. The van der Waals surface area contributed by atoms with Gasteiger partial charge in [0.1, 0.15) is 5.82 Å². The molecule has 1 aromatic heterocycles. The van der Waals surface area contributed by atoms with Gasteiger partial charge in [0.05, 0.1) is 12.3 Å². The third-order valence-electron chi connectivity index (χ3n) is 1.51. The number of terminal acetylenes is 1. The van der Waals surface area contributed by atoms with Gasteiger partial charge in [-0.25, -0.2) is 9.97 Å². The molecule has 0 radical (unpaired) electrons. The van der Waals surface area contributed by atoms with Crippen molar-refractivity contribution in [3.05, 3.63) is 24.3 Å². The molecule has 0 saturated heterocycles. The number of nitrogens with one attached hydrogen (secondary N) is 1. The third-order valence-corrected chi connectivity index (χ3v) is 2.37. The Bertz CT molecular complexity index is 281. The molecule has 1 heterocycles. The van der Waals surface area contributed by atoms with Gasteiger partial charge in [-0.3, -0.25) is 0 Å². The molecular formula is C10H13N3S. The summed E-state index contributed by atoms with van der Waals surface area (Å²) in [6, 6.07) is 1.81. The minimum Gasteiger partial charge on any atom is -0.309 e. The lowest BCUT2D eigenvalue weighted by Gasteiger charge is -2.01. The number of rotatable bonds is 6.